The summed E-state index contributed by atoms with van der Waals surface area (Å²) in [6.45, 7) is 0. The molecule has 0 fully saturated rings. The molecular formula is C11H4Cl2F2N4. The first-order valence-corrected chi connectivity index (χ1v) is 5.83. The molecule has 0 unspecified atom stereocenters. The van der Waals surface area contributed by atoms with Gasteiger partial charge >= 0.3 is 0 Å². The van der Waals surface area contributed by atoms with Crippen LogP contribution in [0, 0.1) is 11.6 Å². The molecule has 96 valence electrons. The Balaban J connectivity index is 2.28. The van der Waals surface area contributed by atoms with Gasteiger partial charge in [0, 0.05) is 6.07 Å². The van der Waals surface area contributed by atoms with Crippen molar-refractivity contribution in [3.8, 4) is 11.4 Å². The first kappa shape index (κ1) is 12.3. The van der Waals surface area contributed by atoms with Gasteiger partial charge in [0.15, 0.2) is 11.5 Å². The predicted octanol–water partition coefficient (Wildman–Crippen LogP) is 3.38. The van der Waals surface area contributed by atoms with E-state index in [-0.39, 0.29) is 21.6 Å². The summed E-state index contributed by atoms with van der Waals surface area (Å²) >= 11 is 11.2. The number of hydrogen-bond acceptors (Lipinski definition) is 3. The molecule has 2 heterocycles. The van der Waals surface area contributed by atoms with Crippen molar-refractivity contribution in [3.05, 3.63) is 46.3 Å². The second-order valence-corrected chi connectivity index (χ2v) is 4.50. The van der Waals surface area contributed by atoms with Crippen LogP contribution in [0.2, 0.25) is 10.2 Å². The Morgan fingerprint density at radius 1 is 1.00 bits per heavy atom. The quantitative estimate of drug-likeness (QED) is 0.511. The van der Waals surface area contributed by atoms with E-state index in [4.69, 9.17) is 23.2 Å². The maximum Gasteiger partial charge on any atom is 0.172 e. The van der Waals surface area contributed by atoms with Crippen molar-refractivity contribution < 1.29 is 8.78 Å². The van der Waals surface area contributed by atoms with Gasteiger partial charge in [0.25, 0.3) is 0 Å². The zero-order chi connectivity index (χ0) is 13.6. The molecule has 0 aliphatic heterocycles. The summed E-state index contributed by atoms with van der Waals surface area (Å²) in [7, 11) is 0. The molecule has 8 heteroatoms. The van der Waals surface area contributed by atoms with Crippen molar-refractivity contribution in [2.75, 3.05) is 0 Å². The predicted molar refractivity (Wildman–Crippen MR) is 66.2 cm³/mol. The van der Waals surface area contributed by atoms with E-state index in [1.807, 2.05) is 0 Å². The molecule has 0 atom stereocenters. The monoisotopic (exact) mass is 300 g/mol. The molecule has 0 saturated carbocycles. The van der Waals surface area contributed by atoms with Crippen LogP contribution in [0.3, 0.4) is 0 Å². The van der Waals surface area contributed by atoms with Gasteiger partial charge in [-0.2, -0.15) is 0 Å². The lowest BCUT2D eigenvalue weighted by atomic mass is 10.2. The van der Waals surface area contributed by atoms with Crippen LogP contribution in [0.1, 0.15) is 0 Å². The Kier molecular flexibility index (Phi) is 2.83. The molecule has 3 aromatic rings. The van der Waals surface area contributed by atoms with Crippen molar-refractivity contribution in [2.45, 2.75) is 0 Å². The SMILES string of the molecule is Fc1cc(-c2nnc3cc(Cl)ncn23)c(F)cc1Cl. The molecule has 0 radical (unpaired) electrons. The summed E-state index contributed by atoms with van der Waals surface area (Å²) in [6.07, 6.45) is 1.33. The minimum atomic E-state index is -0.739. The fourth-order valence-electron chi connectivity index (χ4n) is 1.65. The van der Waals surface area contributed by atoms with Crippen LogP contribution >= 0.6 is 23.2 Å². The van der Waals surface area contributed by atoms with Crippen molar-refractivity contribution in [1.82, 2.24) is 19.6 Å². The largest absolute Gasteiger partial charge is 0.265 e. The Bertz CT molecular complexity index is 788. The molecule has 1 aromatic carbocycles. The first-order chi connectivity index (χ1) is 9.06. The second-order valence-electron chi connectivity index (χ2n) is 3.71. The molecule has 0 bridgehead atoms. The maximum atomic E-state index is 13.8. The van der Waals surface area contributed by atoms with Gasteiger partial charge in [-0.15, -0.1) is 10.2 Å². The topological polar surface area (TPSA) is 43.1 Å². The summed E-state index contributed by atoms with van der Waals surface area (Å²) in [6, 6.07) is 3.31. The minimum absolute atomic E-state index is 0.0569. The Morgan fingerprint density at radius 3 is 2.58 bits per heavy atom. The maximum absolute atomic E-state index is 13.8. The van der Waals surface area contributed by atoms with E-state index < -0.39 is 11.6 Å². The van der Waals surface area contributed by atoms with E-state index in [2.05, 4.69) is 15.2 Å². The van der Waals surface area contributed by atoms with Crippen molar-refractivity contribution in [1.29, 1.82) is 0 Å². The van der Waals surface area contributed by atoms with E-state index in [9.17, 15) is 8.78 Å². The highest BCUT2D eigenvalue weighted by Gasteiger charge is 2.16. The zero-order valence-electron chi connectivity index (χ0n) is 9.11. The highest BCUT2D eigenvalue weighted by Crippen LogP contribution is 2.27. The van der Waals surface area contributed by atoms with Crippen LogP contribution in [0.5, 0.6) is 0 Å². The molecule has 0 N–H and O–H groups in total. The van der Waals surface area contributed by atoms with E-state index in [1.54, 1.807) is 0 Å². The fourth-order valence-corrected chi connectivity index (χ4v) is 1.94. The van der Waals surface area contributed by atoms with Gasteiger partial charge < -0.3 is 0 Å². The minimum Gasteiger partial charge on any atom is -0.265 e. The molecular weight excluding hydrogens is 297 g/mol. The number of hydrogen-bond donors (Lipinski definition) is 0. The van der Waals surface area contributed by atoms with Crippen molar-refractivity contribution in [2.24, 2.45) is 0 Å². The third-order valence-electron chi connectivity index (χ3n) is 2.52. The van der Waals surface area contributed by atoms with Gasteiger partial charge in [-0.25, -0.2) is 13.8 Å². The number of aromatic nitrogens is 4. The van der Waals surface area contributed by atoms with Gasteiger partial charge in [-0.3, -0.25) is 4.40 Å². The highest BCUT2D eigenvalue weighted by atomic mass is 35.5. The average Bonchev–Trinajstić information content (AvgIpc) is 2.76. The number of rotatable bonds is 1. The Hall–Kier alpha value is -1.79. The van der Waals surface area contributed by atoms with Gasteiger partial charge in [0.2, 0.25) is 0 Å². The standard InChI is InChI=1S/C11H4Cl2F2N4/c12-6-2-7(14)5(1-8(6)15)11-18-17-10-3-9(13)16-4-19(10)11/h1-4H. The summed E-state index contributed by atoms with van der Waals surface area (Å²) in [5, 5.41) is 7.55. The summed E-state index contributed by atoms with van der Waals surface area (Å²) in [4.78, 5) is 3.84. The molecule has 0 saturated heterocycles. The van der Waals surface area contributed by atoms with Crippen LogP contribution in [0.15, 0.2) is 24.5 Å². The lowest BCUT2D eigenvalue weighted by molar-refractivity contribution is 0.602. The third kappa shape index (κ3) is 2.02. The number of halogens is 4. The summed E-state index contributed by atoms with van der Waals surface area (Å²) < 4.78 is 28.6. The molecule has 4 nitrogen and oxygen atoms in total. The van der Waals surface area contributed by atoms with Crippen molar-refractivity contribution >= 4 is 28.8 Å². The zero-order valence-corrected chi connectivity index (χ0v) is 10.6. The molecule has 2 aromatic heterocycles. The number of benzene rings is 1. The average molecular weight is 301 g/mol. The van der Waals surface area contributed by atoms with E-state index in [0.717, 1.165) is 12.1 Å². The molecule has 0 aliphatic rings. The normalized spacial score (nSPS) is 11.2. The van der Waals surface area contributed by atoms with Gasteiger partial charge in [-0.1, -0.05) is 23.2 Å². The fraction of sp³-hybridized carbons (Fsp3) is 0. The van der Waals surface area contributed by atoms with Gasteiger partial charge in [-0.05, 0) is 12.1 Å². The third-order valence-corrected chi connectivity index (χ3v) is 3.01. The Morgan fingerprint density at radius 2 is 1.79 bits per heavy atom. The van der Waals surface area contributed by atoms with Crippen LogP contribution in [0.4, 0.5) is 8.78 Å². The lowest BCUT2D eigenvalue weighted by Gasteiger charge is -2.03. The second kappa shape index (κ2) is 4.40. The van der Waals surface area contributed by atoms with E-state index in [1.165, 1.54) is 16.8 Å². The molecule has 19 heavy (non-hydrogen) atoms. The molecule has 3 rings (SSSR count). The summed E-state index contributed by atoms with van der Waals surface area (Å²) in [5.41, 5.74) is 0.322. The molecule has 0 aliphatic carbocycles. The van der Waals surface area contributed by atoms with E-state index >= 15 is 0 Å². The molecule has 0 spiro atoms. The van der Waals surface area contributed by atoms with Crippen LogP contribution in [0.25, 0.3) is 17.0 Å². The van der Waals surface area contributed by atoms with Gasteiger partial charge in [0.1, 0.15) is 23.1 Å². The molecule has 0 amide bonds. The van der Waals surface area contributed by atoms with Crippen molar-refractivity contribution in [3.63, 3.8) is 0 Å². The van der Waals surface area contributed by atoms with Crippen LogP contribution in [-0.4, -0.2) is 19.6 Å². The summed E-state index contributed by atoms with van der Waals surface area (Å²) in [5.74, 6) is -1.32. The van der Waals surface area contributed by atoms with E-state index in [0.29, 0.717) is 5.65 Å². The highest BCUT2D eigenvalue weighted by molar-refractivity contribution is 6.30. The number of nitrogens with zero attached hydrogens (tertiary/aromatic N) is 4. The van der Waals surface area contributed by atoms with Crippen LogP contribution in [-0.2, 0) is 0 Å². The van der Waals surface area contributed by atoms with Crippen LogP contribution < -0.4 is 0 Å². The van der Waals surface area contributed by atoms with Gasteiger partial charge in [0.05, 0.1) is 10.6 Å². The Labute approximate surface area is 115 Å². The smallest absolute Gasteiger partial charge is 0.172 e. The first-order valence-electron chi connectivity index (χ1n) is 5.07. The number of fused-ring (bicyclic) bond motifs is 1. The lowest BCUT2D eigenvalue weighted by Crippen LogP contribution is -1.95.